The molecular formula is C28H74N7Y-. The molecule has 0 aliphatic heterocycles. The van der Waals surface area contributed by atoms with E-state index in [0.717, 1.165) is 19.4 Å². The standard InChI is InChI=1S/C5H11N.4C4H11N.C4H10N.C3H9N.Y/c1-5(6)3-2-4-5;1-4(2,3)5;1-4(2)3-5;3*1-3-4(2)5;1-3(2)4;/h2-4,6H2,1H3;5H2,1-3H3;3*4H,3,5H2,1-2H3;3-4H,5H2,1-2H3;3H,4H2,1-2H3;/q;;;;;-1;;. The summed E-state index contributed by atoms with van der Waals surface area (Å²) in [5, 5.41) is 0. The second-order valence-corrected chi connectivity index (χ2v) is 11.7. The SMILES string of the molecule is CC(C)(C)N.CC(C)CN.CC(C)N.CC1(N)CCC1.CCC(C)N.CCC(C)N.C[CH-]C(C)N.[Y]. The zero-order valence-corrected chi connectivity index (χ0v) is 30.2. The first-order valence-corrected chi connectivity index (χ1v) is 13.6. The molecule has 0 amide bonds. The van der Waals surface area contributed by atoms with Gasteiger partial charge in [-0.1, -0.05) is 48.5 Å². The van der Waals surface area contributed by atoms with Crippen molar-refractivity contribution in [3.05, 3.63) is 6.42 Å². The second-order valence-electron chi connectivity index (χ2n) is 11.7. The van der Waals surface area contributed by atoms with E-state index in [-0.39, 0.29) is 49.8 Å². The average Bonchev–Trinajstić information content (AvgIpc) is 2.66. The van der Waals surface area contributed by atoms with E-state index in [0.29, 0.717) is 24.0 Å². The predicted octanol–water partition coefficient (Wildman–Crippen LogP) is 4.63. The second kappa shape index (κ2) is 35.8. The summed E-state index contributed by atoms with van der Waals surface area (Å²) in [4.78, 5) is 0. The first kappa shape index (κ1) is 53.1. The van der Waals surface area contributed by atoms with Crippen LogP contribution in [-0.4, -0.2) is 41.8 Å². The summed E-state index contributed by atoms with van der Waals surface area (Å²) in [6.07, 6.45) is 7.91. The van der Waals surface area contributed by atoms with Crippen molar-refractivity contribution >= 4 is 0 Å². The quantitative estimate of drug-likeness (QED) is 0.231. The molecule has 1 aliphatic carbocycles. The normalized spacial score (nSPS) is 15.1. The van der Waals surface area contributed by atoms with E-state index < -0.39 is 0 Å². The van der Waals surface area contributed by atoms with Crippen LogP contribution in [0.1, 0.15) is 129 Å². The monoisotopic (exact) mass is 598 g/mol. The summed E-state index contributed by atoms with van der Waals surface area (Å²) >= 11 is 0. The minimum atomic E-state index is 0. The number of hydrogen-bond acceptors (Lipinski definition) is 7. The molecule has 0 bridgehead atoms. The molecule has 3 unspecified atom stereocenters. The van der Waals surface area contributed by atoms with E-state index in [1.165, 1.54) is 19.3 Å². The van der Waals surface area contributed by atoms with Crippen LogP contribution in [0.3, 0.4) is 0 Å². The van der Waals surface area contributed by atoms with Gasteiger partial charge in [-0.3, -0.25) is 0 Å². The summed E-state index contributed by atoms with van der Waals surface area (Å²) in [5.41, 5.74) is 37.3. The van der Waals surface area contributed by atoms with Gasteiger partial charge in [0.15, 0.2) is 0 Å². The largest absolute Gasteiger partial charge is 0.357 e. The Morgan fingerprint density at radius 3 is 0.944 bits per heavy atom. The molecule has 225 valence electrons. The van der Waals surface area contributed by atoms with E-state index >= 15 is 0 Å². The van der Waals surface area contributed by atoms with Gasteiger partial charge < -0.3 is 46.6 Å². The van der Waals surface area contributed by atoms with Crippen LogP contribution in [0, 0.1) is 12.3 Å². The van der Waals surface area contributed by atoms with Crippen LogP contribution in [-0.2, 0) is 32.7 Å². The Morgan fingerprint density at radius 2 is 0.944 bits per heavy atom. The molecule has 1 radical (unpaired) electrons. The Labute approximate surface area is 254 Å². The fourth-order valence-electron chi connectivity index (χ4n) is 0.734. The van der Waals surface area contributed by atoms with Gasteiger partial charge >= 0.3 is 0 Å². The summed E-state index contributed by atoms with van der Waals surface area (Å²) in [6.45, 7) is 28.9. The minimum absolute atomic E-state index is 0. The third-order valence-electron chi connectivity index (χ3n) is 3.78. The maximum atomic E-state index is 5.62. The van der Waals surface area contributed by atoms with E-state index in [2.05, 4.69) is 34.6 Å². The van der Waals surface area contributed by atoms with Crippen LogP contribution in [0.15, 0.2) is 0 Å². The minimum Gasteiger partial charge on any atom is -0.357 e. The van der Waals surface area contributed by atoms with Crippen molar-refractivity contribution in [1.82, 2.24) is 0 Å². The smallest absolute Gasteiger partial charge is 0.0125 e. The number of rotatable bonds is 4. The Balaban J connectivity index is -0.0000000545. The molecule has 3 atom stereocenters. The Bertz CT molecular complexity index is 308. The first-order valence-electron chi connectivity index (χ1n) is 13.6. The maximum Gasteiger partial charge on any atom is 0.0125 e. The van der Waals surface area contributed by atoms with E-state index in [1.54, 1.807) is 0 Å². The molecule has 1 aliphatic rings. The predicted molar refractivity (Wildman–Crippen MR) is 165 cm³/mol. The van der Waals surface area contributed by atoms with Crippen molar-refractivity contribution < 1.29 is 32.7 Å². The van der Waals surface area contributed by atoms with Gasteiger partial charge in [-0.15, -0.1) is 6.04 Å². The molecule has 1 saturated carbocycles. The van der Waals surface area contributed by atoms with Gasteiger partial charge in [-0.25, -0.2) is 0 Å². The van der Waals surface area contributed by atoms with Crippen LogP contribution in [0.4, 0.5) is 0 Å². The van der Waals surface area contributed by atoms with Crippen LogP contribution in [0.2, 0.25) is 0 Å². The van der Waals surface area contributed by atoms with Crippen molar-refractivity contribution in [2.45, 2.75) is 164 Å². The Kier molecular flexibility index (Phi) is 52.9. The molecule has 0 aromatic heterocycles. The molecule has 1 rings (SSSR count). The fourth-order valence-corrected chi connectivity index (χ4v) is 0.734. The maximum absolute atomic E-state index is 5.62. The zero-order valence-electron chi connectivity index (χ0n) is 27.3. The topological polar surface area (TPSA) is 182 Å². The molecule has 1 fully saturated rings. The molecule has 0 aromatic carbocycles. The van der Waals surface area contributed by atoms with Crippen molar-refractivity contribution in [3.63, 3.8) is 0 Å². The molecule has 8 heteroatoms. The number of hydrogen-bond donors (Lipinski definition) is 7. The first-order chi connectivity index (χ1) is 15.5. The molecule has 36 heavy (non-hydrogen) atoms. The van der Waals surface area contributed by atoms with Crippen LogP contribution in [0.5, 0.6) is 0 Å². The van der Waals surface area contributed by atoms with Gasteiger partial charge in [0.1, 0.15) is 0 Å². The van der Waals surface area contributed by atoms with E-state index in [4.69, 9.17) is 40.1 Å². The summed E-state index contributed by atoms with van der Waals surface area (Å²) in [6, 6.07) is 1.36. The molecule has 0 aromatic rings. The summed E-state index contributed by atoms with van der Waals surface area (Å²) in [5.74, 6) is 0.662. The van der Waals surface area contributed by atoms with Gasteiger partial charge in [0, 0.05) is 55.9 Å². The van der Waals surface area contributed by atoms with Crippen molar-refractivity contribution in [3.8, 4) is 0 Å². The summed E-state index contributed by atoms with van der Waals surface area (Å²) in [7, 11) is 0. The molecule has 0 spiro atoms. The van der Waals surface area contributed by atoms with Gasteiger partial charge in [0.2, 0.25) is 0 Å². The molecule has 0 saturated heterocycles. The fraction of sp³-hybridized carbons (Fsp3) is 0.964. The van der Waals surface area contributed by atoms with Crippen molar-refractivity contribution in [2.24, 2.45) is 46.1 Å². The molecular weight excluding hydrogens is 523 g/mol. The van der Waals surface area contributed by atoms with Crippen molar-refractivity contribution in [1.29, 1.82) is 0 Å². The van der Waals surface area contributed by atoms with Crippen LogP contribution in [0.25, 0.3) is 0 Å². The Morgan fingerprint density at radius 1 is 0.806 bits per heavy atom. The summed E-state index contributed by atoms with van der Waals surface area (Å²) < 4.78 is 0. The van der Waals surface area contributed by atoms with E-state index in [1.807, 2.05) is 68.7 Å². The third-order valence-corrected chi connectivity index (χ3v) is 3.78. The molecule has 7 nitrogen and oxygen atoms in total. The van der Waals surface area contributed by atoms with Crippen LogP contribution < -0.4 is 40.1 Å². The molecule has 0 heterocycles. The van der Waals surface area contributed by atoms with Gasteiger partial charge in [-0.2, -0.15) is 6.92 Å². The van der Waals surface area contributed by atoms with Gasteiger partial charge in [0.25, 0.3) is 0 Å². The zero-order chi connectivity index (χ0) is 29.8. The van der Waals surface area contributed by atoms with E-state index in [9.17, 15) is 0 Å². The van der Waals surface area contributed by atoms with Gasteiger partial charge in [0.05, 0.1) is 0 Å². The Hall–Kier alpha value is 0.824. The van der Waals surface area contributed by atoms with Crippen molar-refractivity contribution in [2.75, 3.05) is 6.54 Å². The van der Waals surface area contributed by atoms with Crippen LogP contribution >= 0.6 is 0 Å². The number of nitrogens with two attached hydrogens (primary N) is 7. The van der Waals surface area contributed by atoms with Gasteiger partial charge in [-0.05, 0) is 92.2 Å². The average molecular weight is 598 g/mol. The molecule has 14 N–H and O–H groups in total. The third kappa shape index (κ3) is 141.